The molecule has 0 spiro atoms. The minimum Gasteiger partial charge on any atom is -0.309 e. The van der Waals surface area contributed by atoms with Gasteiger partial charge in [0, 0.05) is 12.1 Å². The molecule has 0 radical (unpaired) electrons. The molecule has 0 unspecified atom stereocenters. The van der Waals surface area contributed by atoms with Gasteiger partial charge in [-0.1, -0.05) is 35.1 Å². The van der Waals surface area contributed by atoms with Crippen molar-refractivity contribution in [2.24, 2.45) is 0 Å². The smallest absolute Gasteiger partial charge is 0.260 e. The second-order valence-electron chi connectivity index (χ2n) is 7.41. The highest BCUT2D eigenvalue weighted by molar-refractivity contribution is 7.22. The first kappa shape index (κ1) is 19.5. The van der Waals surface area contributed by atoms with E-state index in [2.05, 4.69) is 45.0 Å². The molecule has 0 atom stereocenters. The molecule has 0 N–H and O–H groups in total. The van der Waals surface area contributed by atoms with Crippen molar-refractivity contribution in [3.63, 3.8) is 0 Å². The highest BCUT2D eigenvalue weighted by atomic mass is 32.1. The van der Waals surface area contributed by atoms with Gasteiger partial charge in [-0.15, -0.1) is 0 Å². The van der Waals surface area contributed by atoms with E-state index in [0.29, 0.717) is 12.1 Å². The topological polar surface area (TPSA) is 36.4 Å². The summed E-state index contributed by atoms with van der Waals surface area (Å²) in [6, 6.07) is 12.1. The van der Waals surface area contributed by atoms with Crippen LogP contribution in [0.2, 0.25) is 0 Å². The van der Waals surface area contributed by atoms with Crippen molar-refractivity contribution in [1.82, 2.24) is 9.88 Å². The Labute approximate surface area is 165 Å². The van der Waals surface area contributed by atoms with Crippen LogP contribution in [-0.2, 0) is 0 Å². The van der Waals surface area contributed by atoms with Crippen molar-refractivity contribution in [2.75, 3.05) is 32.1 Å². The number of thiazole rings is 1. The summed E-state index contributed by atoms with van der Waals surface area (Å²) >= 11 is 1.60. The number of aryl methyl sites for hydroxylation is 3. The molecule has 1 aromatic heterocycles. The molecule has 5 heteroatoms. The van der Waals surface area contributed by atoms with Gasteiger partial charge in [-0.25, -0.2) is 4.98 Å². The molecule has 0 aliphatic carbocycles. The third-order valence-corrected chi connectivity index (χ3v) is 5.57. The van der Waals surface area contributed by atoms with E-state index in [1.54, 1.807) is 11.3 Å². The van der Waals surface area contributed by atoms with Crippen molar-refractivity contribution in [1.29, 1.82) is 0 Å². The van der Waals surface area contributed by atoms with Crippen molar-refractivity contribution >= 4 is 32.6 Å². The molecule has 142 valence electrons. The number of amides is 1. The molecule has 27 heavy (non-hydrogen) atoms. The molecule has 4 nitrogen and oxygen atoms in total. The Morgan fingerprint density at radius 2 is 1.81 bits per heavy atom. The number of rotatable bonds is 6. The largest absolute Gasteiger partial charge is 0.309 e. The van der Waals surface area contributed by atoms with Gasteiger partial charge >= 0.3 is 0 Å². The summed E-state index contributed by atoms with van der Waals surface area (Å²) in [5.41, 5.74) is 5.18. The van der Waals surface area contributed by atoms with Crippen molar-refractivity contribution in [2.45, 2.75) is 27.2 Å². The lowest BCUT2D eigenvalue weighted by Gasteiger charge is -2.21. The van der Waals surface area contributed by atoms with E-state index in [4.69, 9.17) is 4.98 Å². The van der Waals surface area contributed by atoms with Crippen LogP contribution >= 0.6 is 11.3 Å². The van der Waals surface area contributed by atoms with Gasteiger partial charge in [-0.2, -0.15) is 0 Å². The third-order valence-electron chi connectivity index (χ3n) is 4.55. The first-order valence-electron chi connectivity index (χ1n) is 9.26. The number of hydrogen-bond donors (Lipinski definition) is 0. The molecule has 0 saturated carbocycles. The van der Waals surface area contributed by atoms with Crippen LogP contribution in [0.3, 0.4) is 0 Å². The van der Waals surface area contributed by atoms with Gasteiger partial charge in [0.15, 0.2) is 5.13 Å². The van der Waals surface area contributed by atoms with E-state index < -0.39 is 0 Å². The van der Waals surface area contributed by atoms with E-state index in [9.17, 15) is 4.79 Å². The van der Waals surface area contributed by atoms with Gasteiger partial charge in [-0.3, -0.25) is 9.69 Å². The Balaban J connectivity index is 1.98. The summed E-state index contributed by atoms with van der Waals surface area (Å²) in [7, 11) is 4.10. The average molecular weight is 382 g/mol. The van der Waals surface area contributed by atoms with Crippen LogP contribution in [0, 0.1) is 20.8 Å². The number of carbonyl (C=O) groups excluding carboxylic acids is 1. The molecule has 1 amide bonds. The summed E-state index contributed by atoms with van der Waals surface area (Å²) in [4.78, 5) is 22.1. The quantitative estimate of drug-likeness (QED) is 0.614. The lowest BCUT2D eigenvalue weighted by Crippen LogP contribution is -2.33. The Kier molecular flexibility index (Phi) is 5.92. The summed E-state index contributed by atoms with van der Waals surface area (Å²) in [6.45, 7) is 7.77. The maximum atomic E-state index is 13.3. The number of carbonyl (C=O) groups is 1. The molecule has 3 rings (SSSR count). The number of anilines is 1. The predicted molar refractivity (Wildman–Crippen MR) is 115 cm³/mol. The van der Waals surface area contributed by atoms with Crippen LogP contribution < -0.4 is 4.90 Å². The average Bonchev–Trinajstić information content (AvgIpc) is 3.02. The second kappa shape index (κ2) is 8.19. The standard InChI is InChI=1S/C22H27N3OS/c1-15-8-6-9-18(13-15)21(26)25(11-7-10-24(4)5)22-23-20-17(3)12-16(2)14-19(20)27-22/h6,8-9,12-14H,7,10-11H2,1-5H3. The first-order valence-corrected chi connectivity index (χ1v) is 10.1. The zero-order valence-corrected chi connectivity index (χ0v) is 17.6. The molecule has 0 aliphatic rings. The number of nitrogens with zero attached hydrogens (tertiary/aromatic N) is 3. The predicted octanol–water partition coefficient (Wildman–Crippen LogP) is 4.82. The van der Waals surface area contributed by atoms with Crippen LogP contribution in [0.4, 0.5) is 5.13 Å². The number of benzene rings is 2. The van der Waals surface area contributed by atoms with Gasteiger partial charge in [0.05, 0.1) is 10.2 Å². The Hall–Kier alpha value is -2.24. The fourth-order valence-electron chi connectivity index (χ4n) is 3.24. The highest BCUT2D eigenvalue weighted by Crippen LogP contribution is 2.32. The van der Waals surface area contributed by atoms with Gasteiger partial charge in [0.1, 0.15) is 0 Å². The fraction of sp³-hybridized carbons (Fsp3) is 0.364. The van der Waals surface area contributed by atoms with Crippen LogP contribution in [0.15, 0.2) is 36.4 Å². The second-order valence-corrected chi connectivity index (χ2v) is 8.42. The number of hydrogen-bond acceptors (Lipinski definition) is 4. The van der Waals surface area contributed by atoms with Crippen molar-refractivity contribution < 1.29 is 4.79 Å². The first-order chi connectivity index (χ1) is 12.8. The van der Waals surface area contributed by atoms with E-state index in [1.807, 2.05) is 36.1 Å². The minimum atomic E-state index is 0.0193. The minimum absolute atomic E-state index is 0.0193. The molecule has 3 aromatic rings. The normalized spacial score (nSPS) is 11.3. The zero-order valence-electron chi connectivity index (χ0n) is 16.7. The van der Waals surface area contributed by atoms with E-state index in [-0.39, 0.29) is 5.91 Å². The van der Waals surface area contributed by atoms with E-state index in [0.717, 1.165) is 39.4 Å². The SMILES string of the molecule is Cc1cccc(C(=O)N(CCCN(C)C)c2nc3c(C)cc(C)cc3s2)c1. The zero-order chi connectivity index (χ0) is 19.6. The summed E-state index contributed by atoms with van der Waals surface area (Å²) in [5, 5.41) is 0.781. The van der Waals surface area contributed by atoms with Gasteiger partial charge in [0.2, 0.25) is 0 Å². The van der Waals surface area contributed by atoms with Crippen LogP contribution in [0.1, 0.15) is 33.5 Å². The van der Waals surface area contributed by atoms with Crippen LogP contribution in [0.25, 0.3) is 10.2 Å². The maximum absolute atomic E-state index is 13.3. The lowest BCUT2D eigenvalue weighted by atomic mass is 10.1. The summed E-state index contributed by atoms with van der Waals surface area (Å²) in [5.74, 6) is 0.0193. The van der Waals surface area contributed by atoms with Crippen molar-refractivity contribution in [3.8, 4) is 0 Å². The number of fused-ring (bicyclic) bond motifs is 1. The molecular weight excluding hydrogens is 354 g/mol. The highest BCUT2D eigenvalue weighted by Gasteiger charge is 2.21. The molecule has 1 heterocycles. The van der Waals surface area contributed by atoms with Gasteiger partial charge < -0.3 is 4.90 Å². The third kappa shape index (κ3) is 4.54. The van der Waals surface area contributed by atoms with Crippen molar-refractivity contribution in [3.05, 3.63) is 58.7 Å². The Morgan fingerprint density at radius 3 is 2.52 bits per heavy atom. The number of aromatic nitrogens is 1. The molecule has 0 aliphatic heterocycles. The fourth-order valence-corrected chi connectivity index (χ4v) is 4.40. The molecule has 0 saturated heterocycles. The van der Waals surface area contributed by atoms with Crippen LogP contribution in [-0.4, -0.2) is 43.0 Å². The van der Waals surface area contributed by atoms with E-state index in [1.165, 1.54) is 5.56 Å². The molecule has 2 aromatic carbocycles. The van der Waals surface area contributed by atoms with Gasteiger partial charge in [-0.05, 0) is 77.2 Å². The maximum Gasteiger partial charge on any atom is 0.260 e. The molecule has 0 bridgehead atoms. The van der Waals surface area contributed by atoms with E-state index >= 15 is 0 Å². The van der Waals surface area contributed by atoms with Gasteiger partial charge in [0.25, 0.3) is 5.91 Å². The summed E-state index contributed by atoms with van der Waals surface area (Å²) < 4.78 is 1.14. The summed E-state index contributed by atoms with van der Waals surface area (Å²) in [6.07, 6.45) is 0.901. The monoisotopic (exact) mass is 381 g/mol. The van der Waals surface area contributed by atoms with Crippen LogP contribution in [0.5, 0.6) is 0 Å². The Morgan fingerprint density at radius 1 is 1.04 bits per heavy atom. The molecule has 0 fully saturated rings. The Bertz CT molecular complexity index is 961. The lowest BCUT2D eigenvalue weighted by molar-refractivity contribution is 0.0986. The molecular formula is C22H27N3OS.